The van der Waals surface area contributed by atoms with E-state index in [2.05, 4.69) is 4.99 Å². The van der Waals surface area contributed by atoms with Gasteiger partial charge >= 0.3 is 0 Å². The number of hydrogen-bond donors (Lipinski definition) is 1. The van der Waals surface area contributed by atoms with Crippen molar-refractivity contribution in [3.63, 3.8) is 0 Å². The number of benzene rings is 1. The molecule has 0 amide bonds. The van der Waals surface area contributed by atoms with Gasteiger partial charge in [0, 0.05) is 12.1 Å². The van der Waals surface area contributed by atoms with Crippen LogP contribution in [0.5, 0.6) is 0 Å². The zero-order chi connectivity index (χ0) is 10.6. The Morgan fingerprint density at radius 3 is 2.80 bits per heavy atom. The fourth-order valence-corrected chi connectivity index (χ4v) is 1.05. The summed E-state index contributed by atoms with van der Waals surface area (Å²) in [5.74, 6) is 0. The quantitative estimate of drug-likeness (QED) is 0.295. The maximum absolute atomic E-state index is 10.4. The number of hydrogen-bond acceptors (Lipinski definition) is 4. The molecular weight excluding hydrogens is 329 g/mol. The first-order chi connectivity index (χ1) is 6.63. The van der Waals surface area contributed by atoms with Crippen LogP contribution in [0.25, 0.3) is 0 Å². The summed E-state index contributed by atoms with van der Waals surface area (Å²) in [6.45, 7) is 0. The van der Waals surface area contributed by atoms with Gasteiger partial charge in [-0.25, -0.2) is 4.99 Å². The van der Waals surface area contributed by atoms with Crippen LogP contribution in [0.4, 0.5) is 11.4 Å². The third kappa shape index (κ3) is 4.47. The normalized spacial score (nSPS) is 10.6. The average molecular weight is 339 g/mol. The SMILES string of the molecule is CSC(N)=Nc1cccc([N+](=O)[O-])c1.I. The van der Waals surface area contributed by atoms with Gasteiger partial charge in [-0.05, 0) is 12.3 Å². The molecule has 1 rings (SSSR count). The Balaban J connectivity index is 0.00000196. The Morgan fingerprint density at radius 2 is 2.27 bits per heavy atom. The molecule has 0 atom stereocenters. The molecule has 0 aliphatic carbocycles. The highest BCUT2D eigenvalue weighted by Crippen LogP contribution is 2.20. The number of aliphatic imine (C=N–C) groups is 1. The van der Waals surface area contributed by atoms with Gasteiger partial charge in [0.1, 0.15) is 0 Å². The van der Waals surface area contributed by atoms with Crippen LogP contribution >= 0.6 is 35.7 Å². The minimum Gasteiger partial charge on any atom is -0.378 e. The van der Waals surface area contributed by atoms with E-state index in [0.29, 0.717) is 10.9 Å². The highest BCUT2D eigenvalue weighted by Gasteiger charge is 2.04. The number of halogens is 1. The summed E-state index contributed by atoms with van der Waals surface area (Å²) in [6.07, 6.45) is 1.79. The first-order valence-corrected chi connectivity index (χ1v) is 4.98. The second-order valence-corrected chi connectivity index (χ2v) is 3.26. The number of amidine groups is 1. The van der Waals surface area contributed by atoms with Crippen molar-refractivity contribution in [2.45, 2.75) is 0 Å². The lowest BCUT2D eigenvalue weighted by atomic mass is 10.3. The predicted molar refractivity (Wildman–Crippen MR) is 73.3 cm³/mol. The molecule has 0 aromatic heterocycles. The summed E-state index contributed by atoms with van der Waals surface area (Å²) in [5, 5.41) is 10.8. The van der Waals surface area contributed by atoms with Crippen LogP contribution in [0.1, 0.15) is 0 Å². The highest BCUT2D eigenvalue weighted by molar-refractivity contribution is 14.0. The number of non-ortho nitro benzene ring substituents is 1. The lowest BCUT2D eigenvalue weighted by molar-refractivity contribution is -0.384. The second-order valence-electron chi connectivity index (χ2n) is 2.43. The van der Waals surface area contributed by atoms with Crippen molar-refractivity contribution >= 4 is 52.3 Å². The fourth-order valence-electron chi connectivity index (χ4n) is 0.849. The van der Waals surface area contributed by atoms with Crippen molar-refractivity contribution in [3.8, 4) is 0 Å². The molecule has 0 heterocycles. The smallest absolute Gasteiger partial charge is 0.271 e. The van der Waals surface area contributed by atoms with E-state index in [-0.39, 0.29) is 29.7 Å². The number of rotatable bonds is 2. The summed E-state index contributed by atoms with van der Waals surface area (Å²) in [4.78, 5) is 13.9. The van der Waals surface area contributed by atoms with Gasteiger partial charge in [-0.15, -0.1) is 24.0 Å². The Morgan fingerprint density at radius 1 is 1.60 bits per heavy atom. The van der Waals surface area contributed by atoms with Gasteiger partial charge in [-0.2, -0.15) is 0 Å². The molecule has 0 bridgehead atoms. The van der Waals surface area contributed by atoms with Gasteiger partial charge in [0.15, 0.2) is 5.17 Å². The molecule has 82 valence electrons. The molecule has 15 heavy (non-hydrogen) atoms. The number of nitro groups is 1. The molecule has 0 unspecified atom stereocenters. The maximum atomic E-state index is 10.4. The second kappa shape index (κ2) is 6.62. The van der Waals surface area contributed by atoms with Crippen LogP contribution in [0.15, 0.2) is 29.3 Å². The van der Waals surface area contributed by atoms with E-state index in [0.717, 1.165) is 0 Å². The molecule has 0 aliphatic heterocycles. The molecule has 5 nitrogen and oxygen atoms in total. The molecule has 0 aliphatic rings. The summed E-state index contributed by atoms with van der Waals surface area (Å²) >= 11 is 1.29. The minimum atomic E-state index is -0.464. The summed E-state index contributed by atoms with van der Waals surface area (Å²) in [6, 6.07) is 6.03. The van der Waals surface area contributed by atoms with Gasteiger partial charge < -0.3 is 5.73 Å². The van der Waals surface area contributed by atoms with Crippen LogP contribution in [0.3, 0.4) is 0 Å². The molecule has 1 aromatic rings. The number of nitrogens with zero attached hydrogens (tertiary/aromatic N) is 2. The third-order valence-electron chi connectivity index (χ3n) is 1.49. The van der Waals surface area contributed by atoms with Crippen LogP contribution in [-0.4, -0.2) is 16.3 Å². The van der Waals surface area contributed by atoms with E-state index in [9.17, 15) is 10.1 Å². The van der Waals surface area contributed by atoms with Gasteiger partial charge in [0.05, 0.1) is 10.6 Å². The van der Waals surface area contributed by atoms with Crippen LogP contribution in [0, 0.1) is 10.1 Å². The molecule has 0 spiro atoms. The van der Waals surface area contributed by atoms with Crippen molar-refractivity contribution in [1.29, 1.82) is 0 Å². The van der Waals surface area contributed by atoms with Crippen molar-refractivity contribution in [1.82, 2.24) is 0 Å². The molecule has 0 radical (unpaired) electrons. The Labute approximate surface area is 108 Å². The van der Waals surface area contributed by atoms with Crippen molar-refractivity contribution < 1.29 is 4.92 Å². The summed E-state index contributed by atoms with van der Waals surface area (Å²) in [7, 11) is 0. The van der Waals surface area contributed by atoms with Gasteiger partial charge in [0.2, 0.25) is 0 Å². The molecule has 2 N–H and O–H groups in total. The lowest BCUT2D eigenvalue weighted by Crippen LogP contribution is -2.04. The van der Waals surface area contributed by atoms with E-state index in [4.69, 9.17) is 5.73 Å². The average Bonchev–Trinajstić information content (AvgIpc) is 2.18. The van der Waals surface area contributed by atoms with Crippen LogP contribution in [0.2, 0.25) is 0 Å². The summed E-state index contributed by atoms with van der Waals surface area (Å²) < 4.78 is 0. The standard InChI is InChI=1S/C8H9N3O2S.HI/c1-14-8(9)10-6-3-2-4-7(5-6)11(12)13;/h2-5H,1H3,(H2,9,10);1H. The fraction of sp³-hybridized carbons (Fsp3) is 0.125. The van der Waals surface area contributed by atoms with Crippen molar-refractivity contribution in [2.75, 3.05) is 6.26 Å². The monoisotopic (exact) mass is 339 g/mol. The number of nitrogens with two attached hydrogens (primary N) is 1. The van der Waals surface area contributed by atoms with Crippen molar-refractivity contribution in [3.05, 3.63) is 34.4 Å². The van der Waals surface area contributed by atoms with E-state index in [1.807, 2.05) is 0 Å². The first kappa shape index (κ1) is 14.2. The Bertz CT molecular complexity index is 384. The van der Waals surface area contributed by atoms with E-state index in [1.165, 1.54) is 23.9 Å². The highest BCUT2D eigenvalue weighted by atomic mass is 127. The molecule has 0 saturated carbocycles. The summed E-state index contributed by atoms with van der Waals surface area (Å²) in [5.41, 5.74) is 5.98. The van der Waals surface area contributed by atoms with Gasteiger partial charge in [0.25, 0.3) is 5.69 Å². The van der Waals surface area contributed by atoms with Gasteiger partial charge in [-0.3, -0.25) is 10.1 Å². The zero-order valence-electron chi connectivity index (χ0n) is 7.91. The zero-order valence-corrected chi connectivity index (χ0v) is 11.1. The Hall–Kier alpha value is -0.830. The molecule has 7 heteroatoms. The van der Waals surface area contributed by atoms with Gasteiger partial charge in [-0.1, -0.05) is 17.8 Å². The largest absolute Gasteiger partial charge is 0.378 e. The molecule has 0 saturated heterocycles. The minimum absolute atomic E-state index is 0. The molecule has 1 aromatic carbocycles. The van der Waals surface area contributed by atoms with E-state index >= 15 is 0 Å². The number of thioether (sulfide) groups is 1. The van der Waals surface area contributed by atoms with Crippen LogP contribution < -0.4 is 5.73 Å². The topological polar surface area (TPSA) is 81.5 Å². The van der Waals surface area contributed by atoms with E-state index < -0.39 is 4.92 Å². The first-order valence-electron chi connectivity index (χ1n) is 3.76. The molecular formula is C8H10IN3O2S. The van der Waals surface area contributed by atoms with Crippen molar-refractivity contribution in [2.24, 2.45) is 10.7 Å². The lowest BCUT2D eigenvalue weighted by Gasteiger charge is -1.96. The third-order valence-corrected chi connectivity index (χ3v) is 2.00. The number of nitro benzene ring substituents is 1. The van der Waals surface area contributed by atoms with Crippen LogP contribution in [-0.2, 0) is 0 Å². The predicted octanol–water partition coefficient (Wildman–Crippen LogP) is 2.52. The molecule has 0 fully saturated rings. The maximum Gasteiger partial charge on any atom is 0.271 e. The van der Waals surface area contributed by atoms with E-state index in [1.54, 1.807) is 18.4 Å². The Kier molecular flexibility index (Phi) is 6.25.